The van der Waals surface area contributed by atoms with Crippen molar-refractivity contribution in [1.82, 2.24) is 0 Å². The molecule has 0 bridgehead atoms. The molecule has 0 aliphatic rings. The molecule has 0 heterocycles. The van der Waals surface area contributed by atoms with Crippen molar-refractivity contribution in [3.8, 4) is 0 Å². The van der Waals surface area contributed by atoms with Gasteiger partial charge in [0.05, 0.1) is 6.10 Å². The molecule has 5 heteroatoms. The van der Waals surface area contributed by atoms with Gasteiger partial charge < -0.3 is 14.2 Å². The molecule has 0 aromatic heterocycles. The monoisotopic (exact) mass is 414 g/mol. The second-order valence-electron chi connectivity index (χ2n) is 8.10. The maximum atomic E-state index is 13.4. The van der Waals surface area contributed by atoms with Crippen LogP contribution in [0.25, 0.3) is 0 Å². The molecule has 1 rings (SSSR count). The molecule has 168 valence electrons. The Kier molecular flexibility index (Phi) is 12.6. The summed E-state index contributed by atoms with van der Waals surface area (Å²) in [5, 5.41) is 0. The van der Waals surface area contributed by atoms with E-state index in [0.717, 1.165) is 31.7 Å². The molecule has 0 aliphatic carbocycles. The minimum atomic E-state index is -1.09. The van der Waals surface area contributed by atoms with Crippen molar-refractivity contribution in [2.75, 3.05) is 14.2 Å². The third kappa shape index (κ3) is 9.54. The smallest absolute Gasteiger partial charge is 0.285 e. The minimum Gasteiger partial charge on any atom is -0.331 e. The van der Waals surface area contributed by atoms with Gasteiger partial charge in [-0.05, 0) is 57.2 Å². The second kappa shape index (κ2) is 14.1. The third-order valence-electron chi connectivity index (χ3n) is 5.32. The van der Waals surface area contributed by atoms with Crippen LogP contribution in [0.15, 0.2) is 18.2 Å². The van der Waals surface area contributed by atoms with E-state index >= 15 is 0 Å². The maximum Gasteiger partial charge on any atom is 0.285 e. The summed E-state index contributed by atoms with van der Waals surface area (Å²) < 4.78 is 44.4. The fourth-order valence-corrected chi connectivity index (χ4v) is 3.91. The largest absolute Gasteiger partial charge is 0.331 e. The van der Waals surface area contributed by atoms with Crippen LogP contribution < -0.4 is 0 Å². The lowest BCUT2D eigenvalue weighted by Crippen LogP contribution is -2.46. The van der Waals surface area contributed by atoms with E-state index < -0.39 is 17.6 Å². The van der Waals surface area contributed by atoms with Crippen molar-refractivity contribution >= 4 is 0 Å². The first-order valence-electron chi connectivity index (χ1n) is 11.1. The molecule has 1 aromatic rings. The maximum absolute atomic E-state index is 13.4. The van der Waals surface area contributed by atoms with Crippen molar-refractivity contribution in [2.45, 2.75) is 97.1 Å². The van der Waals surface area contributed by atoms with Crippen LogP contribution in [0.5, 0.6) is 0 Å². The van der Waals surface area contributed by atoms with Crippen LogP contribution in [0.4, 0.5) is 8.78 Å². The van der Waals surface area contributed by atoms with E-state index in [1.54, 1.807) is 14.2 Å². The molecule has 1 aromatic carbocycles. The average molecular weight is 415 g/mol. The molecule has 0 saturated heterocycles. The van der Waals surface area contributed by atoms with E-state index in [1.807, 2.05) is 13.8 Å². The summed E-state index contributed by atoms with van der Waals surface area (Å²) in [5.41, 5.74) is 0.672. The predicted molar refractivity (Wildman–Crippen MR) is 114 cm³/mol. The molecule has 0 fully saturated rings. The first kappa shape index (κ1) is 26.0. The summed E-state index contributed by atoms with van der Waals surface area (Å²) in [6, 6.07) is 3.70. The Morgan fingerprint density at radius 1 is 0.828 bits per heavy atom. The quantitative estimate of drug-likeness (QED) is 0.215. The van der Waals surface area contributed by atoms with E-state index in [2.05, 4.69) is 6.92 Å². The molecule has 29 heavy (non-hydrogen) atoms. The highest BCUT2D eigenvalue weighted by atomic mass is 19.1. The van der Waals surface area contributed by atoms with Gasteiger partial charge in [0.25, 0.3) is 5.97 Å². The Morgan fingerprint density at radius 2 is 1.38 bits per heavy atom. The number of hydrogen-bond acceptors (Lipinski definition) is 3. The van der Waals surface area contributed by atoms with E-state index in [-0.39, 0.29) is 12.0 Å². The number of rotatable bonds is 16. The van der Waals surface area contributed by atoms with Crippen molar-refractivity contribution in [2.24, 2.45) is 5.92 Å². The summed E-state index contributed by atoms with van der Waals surface area (Å²) in [6.07, 6.45) is 10.3. The van der Waals surface area contributed by atoms with Crippen LogP contribution in [-0.2, 0) is 20.6 Å². The molecule has 1 unspecified atom stereocenters. The molecule has 0 saturated carbocycles. The Bertz CT molecular complexity index is 539. The van der Waals surface area contributed by atoms with Gasteiger partial charge in [-0.15, -0.1) is 0 Å². The highest BCUT2D eigenvalue weighted by molar-refractivity contribution is 5.17. The molecule has 0 aliphatic heterocycles. The zero-order chi connectivity index (χ0) is 21.7. The van der Waals surface area contributed by atoms with Gasteiger partial charge in [-0.2, -0.15) is 0 Å². The van der Waals surface area contributed by atoms with Gasteiger partial charge in [0.15, 0.2) is 0 Å². The molecular formula is C24H40F2O3. The summed E-state index contributed by atoms with van der Waals surface area (Å²) >= 11 is 0. The molecule has 0 radical (unpaired) electrons. The Hall–Kier alpha value is -1.04. The number of ether oxygens (including phenoxy) is 3. The second-order valence-corrected chi connectivity index (χ2v) is 8.10. The topological polar surface area (TPSA) is 27.7 Å². The zero-order valence-corrected chi connectivity index (χ0v) is 18.9. The number of unbranched alkanes of at least 4 members (excludes halogenated alkanes) is 5. The Morgan fingerprint density at radius 3 is 1.93 bits per heavy atom. The molecule has 3 nitrogen and oxygen atoms in total. The summed E-state index contributed by atoms with van der Waals surface area (Å²) in [6.45, 7) is 6.14. The van der Waals surface area contributed by atoms with Crippen molar-refractivity contribution in [1.29, 1.82) is 0 Å². The molecule has 1 atom stereocenters. The standard InChI is InChI=1S/C24H40F2O3/c1-6-7-8-9-10-11-14-21(24(27-4,28-5)29-19(2)3)15-12-13-20-16-22(25)18-23(26)17-20/h16-19,21H,6-15H2,1-5H3. The molecule has 0 amide bonds. The zero-order valence-electron chi connectivity index (χ0n) is 18.9. The fraction of sp³-hybridized carbons (Fsp3) is 0.750. The summed E-state index contributed by atoms with van der Waals surface area (Å²) in [4.78, 5) is 0. The number of hydrogen-bond donors (Lipinski definition) is 0. The van der Waals surface area contributed by atoms with Crippen molar-refractivity contribution < 1.29 is 23.0 Å². The van der Waals surface area contributed by atoms with Gasteiger partial charge in [-0.3, -0.25) is 0 Å². The molecule has 0 spiro atoms. The first-order chi connectivity index (χ1) is 13.9. The molecular weight excluding hydrogens is 374 g/mol. The predicted octanol–water partition coefficient (Wildman–Crippen LogP) is 7.03. The molecule has 0 N–H and O–H groups in total. The third-order valence-corrected chi connectivity index (χ3v) is 5.32. The number of benzene rings is 1. The van der Waals surface area contributed by atoms with Crippen LogP contribution in [0.1, 0.15) is 84.1 Å². The Labute approximate surface area is 176 Å². The normalized spacial score (nSPS) is 13.2. The van der Waals surface area contributed by atoms with E-state index in [4.69, 9.17) is 14.2 Å². The fourth-order valence-electron chi connectivity index (χ4n) is 3.91. The highest BCUT2D eigenvalue weighted by Crippen LogP contribution is 2.34. The highest BCUT2D eigenvalue weighted by Gasteiger charge is 2.41. The van der Waals surface area contributed by atoms with Gasteiger partial charge in [0.1, 0.15) is 11.6 Å². The number of aryl methyl sites for hydroxylation is 1. The summed E-state index contributed by atoms with van der Waals surface area (Å²) in [5.74, 6) is -2.11. The lowest BCUT2D eigenvalue weighted by molar-refractivity contribution is -0.399. The van der Waals surface area contributed by atoms with Gasteiger partial charge in [0.2, 0.25) is 0 Å². The summed E-state index contributed by atoms with van der Waals surface area (Å²) in [7, 11) is 3.23. The van der Waals surface area contributed by atoms with E-state index in [9.17, 15) is 8.78 Å². The van der Waals surface area contributed by atoms with Gasteiger partial charge in [-0.25, -0.2) is 8.78 Å². The SMILES string of the molecule is CCCCCCCCC(CCCc1cc(F)cc(F)c1)C(OC)(OC)OC(C)C. The van der Waals surface area contributed by atoms with Gasteiger partial charge in [-0.1, -0.05) is 45.4 Å². The van der Waals surface area contributed by atoms with Crippen LogP contribution in [0.2, 0.25) is 0 Å². The first-order valence-corrected chi connectivity index (χ1v) is 11.1. The average Bonchev–Trinajstić information content (AvgIpc) is 2.66. The Balaban J connectivity index is 2.74. The van der Waals surface area contributed by atoms with Crippen molar-refractivity contribution in [3.63, 3.8) is 0 Å². The lowest BCUT2D eigenvalue weighted by Gasteiger charge is -2.39. The van der Waals surface area contributed by atoms with Crippen LogP contribution in [-0.4, -0.2) is 26.3 Å². The van der Waals surface area contributed by atoms with Crippen LogP contribution in [0.3, 0.4) is 0 Å². The minimum absolute atomic E-state index is 0.0423. The number of halogens is 2. The van der Waals surface area contributed by atoms with Gasteiger partial charge in [0, 0.05) is 26.2 Å². The van der Waals surface area contributed by atoms with Crippen LogP contribution in [0, 0.1) is 17.6 Å². The number of methoxy groups -OCH3 is 2. The lowest BCUT2D eigenvalue weighted by atomic mass is 9.91. The van der Waals surface area contributed by atoms with Crippen LogP contribution >= 0.6 is 0 Å². The van der Waals surface area contributed by atoms with Crippen molar-refractivity contribution in [3.05, 3.63) is 35.4 Å². The van der Waals surface area contributed by atoms with E-state index in [0.29, 0.717) is 12.0 Å². The van der Waals surface area contributed by atoms with E-state index in [1.165, 1.54) is 44.2 Å². The van der Waals surface area contributed by atoms with Gasteiger partial charge >= 0.3 is 0 Å².